The second-order valence-corrected chi connectivity index (χ2v) is 4.56. The van der Waals surface area contributed by atoms with Crippen LogP contribution in [0.5, 0.6) is 5.75 Å². The van der Waals surface area contributed by atoms with E-state index in [0.717, 1.165) is 35.1 Å². The summed E-state index contributed by atoms with van der Waals surface area (Å²) >= 11 is 0. The van der Waals surface area contributed by atoms with E-state index in [0.29, 0.717) is 5.75 Å². The summed E-state index contributed by atoms with van der Waals surface area (Å²) in [5, 5.41) is 14.2. The van der Waals surface area contributed by atoms with Crippen molar-refractivity contribution in [3.05, 3.63) is 60.3 Å². The molecule has 96 valence electrons. The number of phenolic OH excluding ortho intramolecular Hbond substituents is 1. The summed E-state index contributed by atoms with van der Waals surface area (Å²) in [6, 6.07) is 15.7. The molecule has 3 aromatic rings. The smallest absolute Gasteiger partial charge is 0.125 e. The molecule has 0 aliphatic carbocycles. The molecule has 0 amide bonds. The quantitative estimate of drug-likeness (QED) is 0.665. The van der Waals surface area contributed by atoms with E-state index in [4.69, 9.17) is 0 Å². The van der Waals surface area contributed by atoms with E-state index in [2.05, 4.69) is 10.3 Å². The standard InChI is InChI=1S/C16H16N2O/c19-15-8-4-7-14-16(15)12(11-18-14)9-10-17-13-5-2-1-3-6-13/h1-8,11,17-19H,9-10H2. The first-order valence-corrected chi connectivity index (χ1v) is 6.41. The van der Waals surface area contributed by atoms with Crippen molar-refractivity contribution in [3.8, 4) is 5.75 Å². The van der Waals surface area contributed by atoms with Gasteiger partial charge in [-0.15, -0.1) is 0 Å². The summed E-state index contributed by atoms with van der Waals surface area (Å²) in [5.41, 5.74) is 3.23. The van der Waals surface area contributed by atoms with Crippen molar-refractivity contribution in [2.45, 2.75) is 6.42 Å². The fourth-order valence-corrected chi connectivity index (χ4v) is 2.33. The maximum Gasteiger partial charge on any atom is 0.125 e. The fourth-order valence-electron chi connectivity index (χ4n) is 2.33. The number of hydrogen-bond donors (Lipinski definition) is 3. The van der Waals surface area contributed by atoms with Gasteiger partial charge in [0.15, 0.2) is 0 Å². The van der Waals surface area contributed by atoms with Crippen molar-refractivity contribution in [2.24, 2.45) is 0 Å². The van der Waals surface area contributed by atoms with Gasteiger partial charge in [0.1, 0.15) is 5.75 Å². The predicted molar refractivity (Wildman–Crippen MR) is 78.6 cm³/mol. The third kappa shape index (κ3) is 2.40. The molecular weight excluding hydrogens is 236 g/mol. The molecule has 0 radical (unpaired) electrons. The number of fused-ring (bicyclic) bond motifs is 1. The van der Waals surface area contributed by atoms with Gasteiger partial charge in [0.2, 0.25) is 0 Å². The van der Waals surface area contributed by atoms with Gasteiger partial charge in [-0.05, 0) is 36.2 Å². The largest absolute Gasteiger partial charge is 0.507 e. The van der Waals surface area contributed by atoms with Gasteiger partial charge in [0, 0.05) is 29.3 Å². The van der Waals surface area contributed by atoms with Gasteiger partial charge in [0.05, 0.1) is 0 Å². The lowest BCUT2D eigenvalue weighted by molar-refractivity contribution is 0.481. The first kappa shape index (κ1) is 11.7. The van der Waals surface area contributed by atoms with E-state index in [-0.39, 0.29) is 0 Å². The first-order valence-electron chi connectivity index (χ1n) is 6.41. The number of anilines is 1. The van der Waals surface area contributed by atoms with Gasteiger partial charge in [-0.3, -0.25) is 0 Å². The minimum absolute atomic E-state index is 0.341. The highest BCUT2D eigenvalue weighted by molar-refractivity contribution is 5.89. The molecule has 0 unspecified atom stereocenters. The Morgan fingerprint density at radius 2 is 1.84 bits per heavy atom. The Bertz CT molecular complexity index is 674. The number of hydrogen-bond acceptors (Lipinski definition) is 2. The van der Waals surface area contributed by atoms with Crippen LogP contribution in [-0.2, 0) is 6.42 Å². The van der Waals surface area contributed by atoms with E-state index >= 15 is 0 Å². The Kier molecular flexibility index (Phi) is 3.11. The SMILES string of the molecule is Oc1cccc2[nH]cc(CCNc3ccccc3)c12. The number of nitrogens with one attached hydrogen (secondary N) is 2. The summed E-state index contributed by atoms with van der Waals surface area (Å²) in [7, 11) is 0. The topological polar surface area (TPSA) is 48.0 Å². The lowest BCUT2D eigenvalue weighted by Gasteiger charge is -2.05. The van der Waals surface area contributed by atoms with Crippen LogP contribution in [0.25, 0.3) is 10.9 Å². The molecule has 3 heteroatoms. The average Bonchev–Trinajstić information content (AvgIpc) is 2.85. The number of aromatic hydroxyl groups is 1. The lowest BCUT2D eigenvalue weighted by Crippen LogP contribution is -2.04. The molecule has 3 N–H and O–H groups in total. The van der Waals surface area contributed by atoms with Crippen LogP contribution in [0.15, 0.2) is 54.7 Å². The maximum absolute atomic E-state index is 9.92. The first-order chi connectivity index (χ1) is 9.34. The molecule has 3 rings (SSSR count). The van der Waals surface area contributed by atoms with Crippen LogP contribution < -0.4 is 5.32 Å². The lowest BCUT2D eigenvalue weighted by atomic mass is 10.1. The van der Waals surface area contributed by atoms with Gasteiger partial charge in [-0.25, -0.2) is 0 Å². The zero-order chi connectivity index (χ0) is 13.1. The van der Waals surface area contributed by atoms with Gasteiger partial charge >= 0.3 is 0 Å². The second kappa shape index (κ2) is 5.06. The Hall–Kier alpha value is -2.42. The molecule has 19 heavy (non-hydrogen) atoms. The summed E-state index contributed by atoms with van der Waals surface area (Å²) in [4.78, 5) is 3.19. The predicted octanol–water partition coefficient (Wildman–Crippen LogP) is 3.53. The zero-order valence-corrected chi connectivity index (χ0v) is 10.6. The maximum atomic E-state index is 9.92. The molecule has 0 saturated carbocycles. The Morgan fingerprint density at radius 3 is 2.68 bits per heavy atom. The number of benzene rings is 2. The molecule has 0 spiro atoms. The highest BCUT2D eigenvalue weighted by Gasteiger charge is 2.07. The van der Waals surface area contributed by atoms with E-state index in [1.165, 1.54) is 0 Å². The van der Waals surface area contributed by atoms with Crippen LogP contribution in [0.4, 0.5) is 5.69 Å². The molecule has 1 heterocycles. The molecule has 0 aliphatic rings. The third-order valence-corrected chi connectivity index (χ3v) is 3.26. The molecule has 0 fully saturated rings. The number of aromatic amines is 1. The molecule has 0 saturated heterocycles. The van der Waals surface area contributed by atoms with Crippen LogP contribution in [0.2, 0.25) is 0 Å². The van der Waals surface area contributed by atoms with Crippen molar-refractivity contribution in [1.82, 2.24) is 4.98 Å². The highest BCUT2D eigenvalue weighted by Crippen LogP contribution is 2.27. The van der Waals surface area contributed by atoms with Crippen molar-refractivity contribution in [2.75, 3.05) is 11.9 Å². The molecule has 2 aromatic carbocycles. The van der Waals surface area contributed by atoms with E-state index in [1.54, 1.807) is 6.07 Å². The molecule has 0 aliphatic heterocycles. The molecule has 3 nitrogen and oxygen atoms in total. The van der Waals surface area contributed by atoms with E-state index < -0.39 is 0 Å². The van der Waals surface area contributed by atoms with Crippen LogP contribution in [-0.4, -0.2) is 16.6 Å². The van der Waals surface area contributed by atoms with E-state index in [9.17, 15) is 5.11 Å². The van der Waals surface area contributed by atoms with E-state index in [1.807, 2.05) is 48.7 Å². The highest BCUT2D eigenvalue weighted by atomic mass is 16.3. The van der Waals surface area contributed by atoms with Crippen LogP contribution in [0.3, 0.4) is 0 Å². The number of rotatable bonds is 4. The number of H-pyrrole nitrogens is 1. The number of aromatic nitrogens is 1. The fraction of sp³-hybridized carbons (Fsp3) is 0.125. The summed E-state index contributed by atoms with van der Waals surface area (Å²) in [6.45, 7) is 0.839. The number of para-hydroxylation sites is 1. The van der Waals surface area contributed by atoms with Crippen molar-refractivity contribution in [3.63, 3.8) is 0 Å². The van der Waals surface area contributed by atoms with Gasteiger partial charge in [0.25, 0.3) is 0 Å². The Balaban J connectivity index is 1.72. The van der Waals surface area contributed by atoms with Gasteiger partial charge in [-0.1, -0.05) is 24.3 Å². The van der Waals surface area contributed by atoms with Crippen LogP contribution >= 0.6 is 0 Å². The molecule has 0 atom stereocenters. The van der Waals surface area contributed by atoms with Gasteiger partial charge < -0.3 is 15.4 Å². The molecule has 1 aromatic heterocycles. The van der Waals surface area contributed by atoms with Gasteiger partial charge in [-0.2, -0.15) is 0 Å². The minimum atomic E-state index is 0.341. The number of phenols is 1. The van der Waals surface area contributed by atoms with Crippen molar-refractivity contribution in [1.29, 1.82) is 0 Å². The third-order valence-electron chi connectivity index (χ3n) is 3.26. The molecular formula is C16H16N2O. The minimum Gasteiger partial charge on any atom is -0.507 e. The average molecular weight is 252 g/mol. The summed E-state index contributed by atoms with van der Waals surface area (Å²) < 4.78 is 0. The summed E-state index contributed by atoms with van der Waals surface area (Å²) in [5.74, 6) is 0.341. The van der Waals surface area contributed by atoms with Crippen LogP contribution in [0, 0.1) is 0 Å². The van der Waals surface area contributed by atoms with Crippen LogP contribution in [0.1, 0.15) is 5.56 Å². The van der Waals surface area contributed by atoms with Crippen molar-refractivity contribution < 1.29 is 5.11 Å². The Morgan fingerprint density at radius 1 is 1.00 bits per heavy atom. The summed E-state index contributed by atoms with van der Waals surface area (Å²) in [6.07, 6.45) is 2.84. The second-order valence-electron chi connectivity index (χ2n) is 4.56. The van der Waals surface area contributed by atoms with Crippen molar-refractivity contribution >= 4 is 16.6 Å². The normalized spacial score (nSPS) is 10.7. The zero-order valence-electron chi connectivity index (χ0n) is 10.6. The Labute approximate surface area is 111 Å². The monoisotopic (exact) mass is 252 g/mol. The molecule has 0 bridgehead atoms.